The molecule has 0 N–H and O–H groups in total. The Kier molecular flexibility index (Phi) is 4.12. The van der Waals surface area contributed by atoms with Gasteiger partial charge in [0.2, 0.25) is 0 Å². The Bertz CT molecular complexity index is 1110. The van der Waals surface area contributed by atoms with Crippen molar-refractivity contribution in [3.05, 3.63) is 58.0 Å². The van der Waals surface area contributed by atoms with Crippen LogP contribution in [0.5, 0.6) is 0 Å². The summed E-state index contributed by atoms with van der Waals surface area (Å²) in [4.78, 5) is 14.5. The van der Waals surface area contributed by atoms with Gasteiger partial charge >= 0.3 is 0 Å². The Balaban J connectivity index is 1.29. The van der Waals surface area contributed by atoms with Gasteiger partial charge in [-0.2, -0.15) is 13.5 Å². The average molecular weight is 398 g/mol. The number of hydrogen-bond donors (Lipinski definition) is 0. The molecule has 28 heavy (non-hydrogen) atoms. The van der Waals surface area contributed by atoms with Gasteiger partial charge in [-0.05, 0) is 49.8 Å². The van der Waals surface area contributed by atoms with Crippen LogP contribution in [0.4, 0.5) is 0 Å². The number of sulfonamides is 1. The number of benzene rings is 1. The highest BCUT2D eigenvalue weighted by atomic mass is 32.2. The van der Waals surface area contributed by atoms with Crippen LogP contribution in [0.1, 0.15) is 42.9 Å². The first kappa shape index (κ1) is 17.6. The van der Waals surface area contributed by atoms with Gasteiger partial charge in [0, 0.05) is 37.2 Å². The molecule has 3 aliphatic rings. The number of aromatic nitrogens is 2. The summed E-state index contributed by atoms with van der Waals surface area (Å²) in [5.41, 5.74) is 1.67. The molecule has 3 heterocycles. The van der Waals surface area contributed by atoms with Gasteiger partial charge in [0.15, 0.2) is 5.84 Å². The molecule has 7 nitrogen and oxygen atoms in total. The van der Waals surface area contributed by atoms with E-state index in [2.05, 4.69) is 14.4 Å². The van der Waals surface area contributed by atoms with Gasteiger partial charge in [0.1, 0.15) is 4.90 Å². The molecule has 0 atom stereocenters. The third-order valence-electron chi connectivity index (χ3n) is 5.84. The molecule has 2 fully saturated rings. The van der Waals surface area contributed by atoms with E-state index < -0.39 is 10.0 Å². The largest absolute Gasteiger partial charge is 0.355 e. The van der Waals surface area contributed by atoms with Crippen molar-refractivity contribution in [2.75, 3.05) is 13.1 Å². The molecule has 1 aromatic heterocycles. The second-order valence-corrected chi connectivity index (χ2v) is 9.44. The van der Waals surface area contributed by atoms with Gasteiger partial charge in [-0.15, -0.1) is 4.40 Å². The molecular weight excluding hydrogens is 376 g/mol. The molecule has 0 radical (unpaired) electrons. The van der Waals surface area contributed by atoms with E-state index in [4.69, 9.17) is 0 Å². The maximum atomic E-state index is 12.3. The molecule has 146 valence electrons. The number of nitrogens with zero attached hydrogens (tertiary/aromatic N) is 4. The molecule has 2 aromatic rings. The van der Waals surface area contributed by atoms with Gasteiger partial charge in [-0.1, -0.05) is 12.1 Å². The minimum absolute atomic E-state index is 0.0491. The van der Waals surface area contributed by atoms with Crippen LogP contribution < -0.4 is 5.56 Å². The summed E-state index contributed by atoms with van der Waals surface area (Å²) in [6, 6.07) is 10.5. The highest BCUT2D eigenvalue weighted by Crippen LogP contribution is 2.38. The lowest BCUT2D eigenvalue weighted by Crippen LogP contribution is -2.40. The number of fused-ring (bicyclic) bond motifs is 1. The molecule has 0 spiro atoms. The quantitative estimate of drug-likeness (QED) is 0.789. The lowest BCUT2D eigenvalue weighted by atomic mass is 9.96. The number of likely N-dealkylation sites (tertiary alicyclic amines) is 1. The van der Waals surface area contributed by atoms with Crippen LogP contribution in [0, 0.1) is 5.92 Å². The van der Waals surface area contributed by atoms with Crippen molar-refractivity contribution in [2.45, 2.75) is 43.0 Å². The lowest BCUT2D eigenvalue weighted by Gasteiger charge is -2.33. The van der Waals surface area contributed by atoms with Crippen LogP contribution >= 0.6 is 0 Å². The van der Waals surface area contributed by atoms with E-state index in [0.717, 1.165) is 44.5 Å². The predicted octanol–water partition coefficient (Wildman–Crippen LogP) is 1.98. The fourth-order valence-electron chi connectivity index (χ4n) is 4.08. The van der Waals surface area contributed by atoms with Crippen LogP contribution in [-0.2, 0) is 16.6 Å². The van der Waals surface area contributed by atoms with E-state index in [1.54, 1.807) is 22.9 Å². The number of rotatable bonds is 3. The zero-order valence-electron chi connectivity index (χ0n) is 15.5. The van der Waals surface area contributed by atoms with Crippen LogP contribution in [-0.4, -0.2) is 42.0 Å². The zero-order valence-corrected chi connectivity index (χ0v) is 16.3. The van der Waals surface area contributed by atoms with Gasteiger partial charge in [0.05, 0.1) is 5.69 Å². The van der Waals surface area contributed by atoms with Crippen molar-refractivity contribution in [2.24, 2.45) is 10.3 Å². The van der Waals surface area contributed by atoms with Crippen LogP contribution in [0.25, 0.3) is 0 Å². The van der Waals surface area contributed by atoms with Crippen LogP contribution in [0.15, 0.2) is 50.5 Å². The molecule has 1 saturated heterocycles. The third kappa shape index (κ3) is 3.15. The lowest BCUT2D eigenvalue weighted by molar-refractivity contribution is 0.237. The normalized spacial score (nSPS) is 21.4. The molecule has 2 aliphatic heterocycles. The third-order valence-corrected chi connectivity index (χ3v) is 7.17. The standard InChI is InChI=1S/C20H22N4O3S/c25-19-8-7-17(15-5-6-15)21-24(19)13-14-9-11-23(12-10-14)20-16-3-1-2-4-18(16)28(26,27)22-20/h1-4,7-8,14-15H,5-6,9-13H2. The first-order valence-electron chi connectivity index (χ1n) is 9.79. The van der Waals surface area contributed by atoms with Crippen molar-refractivity contribution in [1.29, 1.82) is 0 Å². The van der Waals surface area contributed by atoms with E-state index >= 15 is 0 Å². The van der Waals surface area contributed by atoms with E-state index in [0.29, 0.717) is 34.7 Å². The summed E-state index contributed by atoms with van der Waals surface area (Å²) < 4.78 is 30.2. The Hall–Kier alpha value is -2.48. The van der Waals surface area contributed by atoms with Crippen molar-refractivity contribution < 1.29 is 8.42 Å². The highest BCUT2D eigenvalue weighted by Gasteiger charge is 2.33. The maximum Gasteiger partial charge on any atom is 0.285 e. The van der Waals surface area contributed by atoms with E-state index in [9.17, 15) is 13.2 Å². The van der Waals surface area contributed by atoms with Crippen LogP contribution in [0.3, 0.4) is 0 Å². The van der Waals surface area contributed by atoms with E-state index in [1.807, 2.05) is 18.2 Å². The first-order chi connectivity index (χ1) is 13.5. The molecule has 5 rings (SSSR count). The molecule has 8 heteroatoms. The molecule has 1 aromatic carbocycles. The Labute approximate surface area is 163 Å². The van der Waals surface area contributed by atoms with Crippen molar-refractivity contribution >= 4 is 15.9 Å². The van der Waals surface area contributed by atoms with Gasteiger partial charge in [-0.25, -0.2) is 4.68 Å². The summed E-state index contributed by atoms with van der Waals surface area (Å²) in [5, 5.41) is 4.56. The Morgan fingerprint density at radius 2 is 1.75 bits per heavy atom. The van der Waals surface area contributed by atoms with Gasteiger partial charge in [0.25, 0.3) is 15.6 Å². The maximum absolute atomic E-state index is 12.3. The summed E-state index contributed by atoms with van der Waals surface area (Å²) in [6.45, 7) is 2.07. The van der Waals surface area contributed by atoms with Crippen molar-refractivity contribution in [3.63, 3.8) is 0 Å². The SMILES string of the molecule is O=c1ccc(C2CC2)nn1CC1CCN(C2=NS(=O)(=O)c3ccccc32)CC1. The molecule has 1 saturated carbocycles. The smallest absolute Gasteiger partial charge is 0.285 e. The first-order valence-corrected chi connectivity index (χ1v) is 11.2. The second-order valence-electron chi connectivity index (χ2n) is 7.87. The highest BCUT2D eigenvalue weighted by molar-refractivity contribution is 7.90. The summed E-state index contributed by atoms with van der Waals surface area (Å²) >= 11 is 0. The minimum Gasteiger partial charge on any atom is -0.355 e. The molecular formula is C20H22N4O3S. The van der Waals surface area contributed by atoms with Crippen molar-refractivity contribution in [1.82, 2.24) is 14.7 Å². The molecule has 0 amide bonds. The summed E-state index contributed by atoms with van der Waals surface area (Å²) in [6.07, 6.45) is 4.08. The molecule has 1 aliphatic carbocycles. The Morgan fingerprint density at radius 1 is 1.00 bits per heavy atom. The topological polar surface area (TPSA) is 84.6 Å². The van der Waals surface area contributed by atoms with Gasteiger partial charge < -0.3 is 4.90 Å². The number of amidine groups is 1. The second kappa shape index (κ2) is 6.55. The number of piperidine rings is 1. The fourth-order valence-corrected chi connectivity index (χ4v) is 5.31. The van der Waals surface area contributed by atoms with Crippen LogP contribution in [0.2, 0.25) is 0 Å². The van der Waals surface area contributed by atoms with E-state index in [1.165, 1.54) is 0 Å². The van der Waals surface area contributed by atoms with Gasteiger partial charge in [-0.3, -0.25) is 4.79 Å². The minimum atomic E-state index is -3.59. The molecule has 0 bridgehead atoms. The fraction of sp³-hybridized carbons (Fsp3) is 0.450. The average Bonchev–Trinajstić information content (AvgIpc) is 3.50. The van der Waals surface area contributed by atoms with E-state index in [-0.39, 0.29) is 5.56 Å². The molecule has 0 unspecified atom stereocenters. The summed E-state index contributed by atoms with van der Waals surface area (Å²) in [7, 11) is -3.59. The predicted molar refractivity (Wildman–Crippen MR) is 105 cm³/mol. The van der Waals surface area contributed by atoms with Crippen molar-refractivity contribution in [3.8, 4) is 0 Å². The zero-order chi connectivity index (χ0) is 19.3. The number of hydrogen-bond acceptors (Lipinski definition) is 5. The Morgan fingerprint density at radius 3 is 2.50 bits per heavy atom. The summed E-state index contributed by atoms with van der Waals surface area (Å²) in [5.74, 6) is 1.43. The monoisotopic (exact) mass is 398 g/mol.